The molecule has 0 atom stereocenters. The molecule has 0 aliphatic rings. The average Bonchev–Trinajstić information content (AvgIpc) is 2.84. The van der Waals surface area contributed by atoms with E-state index in [1.54, 1.807) is 0 Å². The van der Waals surface area contributed by atoms with Crippen molar-refractivity contribution in [2.24, 2.45) is 0 Å². The average molecular weight is 219 g/mol. The van der Waals surface area contributed by atoms with Gasteiger partial charge in [-0.25, -0.2) is 4.79 Å². The number of nitrogens with zero attached hydrogens (tertiary/aromatic N) is 1. The highest BCUT2D eigenvalue weighted by atomic mass is 17.2. The van der Waals surface area contributed by atoms with Crippen LogP contribution in [0.1, 0.15) is 16.1 Å². The zero-order valence-corrected chi connectivity index (χ0v) is 8.33. The first kappa shape index (κ1) is 10.4. The third-order valence-corrected chi connectivity index (χ3v) is 1.84. The van der Waals surface area contributed by atoms with E-state index in [0.717, 1.165) is 5.56 Å². The van der Waals surface area contributed by atoms with Gasteiger partial charge < -0.3 is 4.52 Å². The summed E-state index contributed by atoms with van der Waals surface area (Å²) >= 11 is 0. The minimum Gasteiger partial charge on any atom is -0.349 e. The fourth-order valence-corrected chi connectivity index (χ4v) is 1.09. The lowest BCUT2D eigenvalue weighted by Gasteiger charge is -2.01. The van der Waals surface area contributed by atoms with Gasteiger partial charge in [0.1, 0.15) is 6.61 Å². The van der Waals surface area contributed by atoms with Crippen molar-refractivity contribution in [2.45, 2.75) is 6.61 Å². The first-order chi connectivity index (χ1) is 7.86. The maximum absolute atomic E-state index is 11.2. The summed E-state index contributed by atoms with van der Waals surface area (Å²) in [6.45, 7) is 0.195. The second-order valence-corrected chi connectivity index (χ2v) is 3.00. The number of benzene rings is 1. The summed E-state index contributed by atoms with van der Waals surface area (Å²) in [4.78, 5) is 20.5. The number of hydrogen-bond acceptors (Lipinski definition) is 5. The highest BCUT2D eigenvalue weighted by molar-refractivity contribution is 5.85. The van der Waals surface area contributed by atoms with E-state index < -0.39 is 5.97 Å². The molecule has 0 saturated heterocycles. The maximum atomic E-state index is 11.2. The topological polar surface area (TPSA) is 61.6 Å². The Kier molecular flexibility index (Phi) is 3.30. The van der Waals surface area contributed by atoms with Crippen molar-refractivity contribution < 1.29 is 19.1 Å². The summed E-state index contributed by atoms with van der Waals surface area (Å²) in [6, 6.07) is 10.8. The molecule has 1 aromatic carbocycles. The third-order valence-electron chi connectivity index (χ3n) is 1.84. The molecule has 0 fully saturated rings. The van der Waals surface area contributed by atoms with Gasteiger partial charge in [0.15, 0.2) is 0 Å². The second-order valence-electron chi connectivity index (χ2n) is 3.00. The lowest BCUT2D eigenvalue weighted by molar-refractivity contribution is -0.251. The van der Waals surface area contributed by atoms with Gasteiger partial charge in [-0.3, -0.25) is 4.89 Å². The predicted octanol–water partition coefficient (Wildman–Crippen LogP) is 1.96. The monoisotopic (exact) mass is 219 g/mol. The minimum absolute atomic E-state index is 0.00746. The molecule has 0 aliphatic carbocycles. The lowest BCUT2D eigenvalue weighted by Crippen LogP contribution is -2.05. The van der Waals surface area contributed by atoms with E-state index in [1.807, 2.05) is 30.3 Å². The van der Waals surface area contributed by atoms with E-state index in [-0.39, 0.29) is 12.4 Å². The molecule has 0 unspecified atom stereocenters. The van der Waals surface area contributed by atoms with Gasteiger partial charge in [0, 0.05) is 6.07 Å². The van der Waals surface area contributed by atoms with Crippen molar-refractivity contribution in [3.63, 3.8) is 0 Å². The highest BCUT2D eigenvalue weighted by Gasteiger charge is 2.12. The molecule has 5 heteroatoms. The van der Waals surface area contributed by atoms with Gasteiger partial charge in [0.2, 0.25) is 5.76 Å². The van der Waals surface area contributed by atoms with Crippen molar-refractivity contribution in [3.8, 4) is 0 Å². The van der Waals surface area contributed by atoms with E-state index in [1.165, 1.54) is 12.3 Å². The third kappa shape index (κ3) is 2.68. The molecule has 82 valence electrons. The molecule has 16 heavy (non-hydrogen) atoms. The molecule has 0 amide bonds. The van der Waals surface area contributed by atoms with Crippen LogP contribution in [0.5, 0.6) is 0 Å². The van der Waals surface area contributed by atoms with Crippen LogP contribution < -0.4 is 0 Å². The fraction of sp³-hybridized carbons (Fsp3) is 0.0909. The normalized spacial score (nSPS) is 10.0. The predicted molar refractivity (Wildman–Crippen MR) is 53.1 cm³/mol. The van der Waals surface area contributed by atoms with Gasteiger partial charge >= 0.3 is 5.97 Å². The van der Waals surface area contributed by atoms with Crippen LogP contribution in [0.15, 0.2) is 47.1 Å². The lowest BCUT2D eigenvalue weighted by atomic mass is 10.2. The molecule has 1 heterocycles. The summed E-state index contributed by atoms with van der Waals surface area (Å²) < 4.78 is 4.59. The van der Waals surface area contributed by atoms with Crippen LogP contribution >= 0.6 is 0 Å². The van der Waals surface area contributed by atoms with Gasteiger partial charge in [0.25, 0.3) is 0 Å². The quantitative estimate of drug-likeness (QED) is 0.581. The van der Waals surface area contributed by atoms with Crippen LogP contribution in [0.3, 0.4) is 0 Å². The summed E-state index contributed by atoms with van der Waals surface area (Å²) in [5.41, 5.74) is 0.910. The van der Waals surface area contributed by atoms with Crippen LogP contribution in [0.25, 0.3) is 0 Å². The van der Waals surface area contributed by atoms with E-state index in [0.29, 0.717) is 0 Å². The molecule has 5 nitrogen and oxygen atoms in total. The Morgan fingerprint density at radius 3 is 2.75 bits per heavy atom. The Morgan fingerprint density at radius 2 is 2.06 bits per heavy atom. The largest absolute Gasteiger partial charge is 0.410 e. The minimum atomic E-state index is -0.701. The fourth-order valence-electron chi connectivity index (χ4n) is 1.09. The SMILES string of the molecule is O=C(OOCc1ccccc1)c1ccno1. The summed E-state index contributed by atoms with van der Waals surface area (Å²) in [5, 5.41) is 3.38. The Labute approximate surface area is 91.5 Å². The van der Waals surface area contributed by atoms with Gasteiger partial charge in [-0.15, -0.1) is 0 Å². The van der Waals surface area contributed by atoms with Gasteiger partial charge in [0.05, 0.1) is 6.20 Å². The number of carbonyl (C=O) groups excluding carboxylic acids is 1. The van der Waals surface area contributed by atoms with Gasteiger partial charge in [-0.2, -0.15) is 4.89 Å². The van der Waals surface area contributed by atoms with Crippen LogP contribution in [-0.2, 0) is 16.4 Å². The Bertz CT molecular complexity index is 438. The molecule has 0 N–H and O–H groups in total. The summed E-state index contributed by atoms with van der Waals surface area (Å²) in [6.07, 6.45) is 1.35. The Hall–Kier alpha value is -2.14. The molecule has 0 spiro atoms. The van der Waals surface area contributed by atoms with E-state index >= 15 is 0 Å². The molecular formula is C11H9NO4. The molecule has 0 aliphatic heterocycles. The van der Waals surface area contributed by atoms with E-state index in [2.05, 4.69) is 14.6 Å². The van der Waals surface area contributed by atoms with Crippen LogP contribution in [0.2, 0.25) is 0 Å². The van der Waals surface area contributed by atoms with Gasteiger partial charge in [-0.05, 0) is 5.56 Å². The number of hydrogen-bond donors (Lipinski definition) is 0. The zero-order chi connectivity index (χ0) is 11.2. The Balaban J connectivity index is 1.79. The van der Waals surface area contributed by atoms with E-state index in [4.69, 9.17) is 4.89 Å². The number of aromatic nitrogens is 1. The van der Waals surface area contributed by atoms with Crippen molar-refractivity contribution in [2.75, 3.05) is 0 Å². The maximum Gasteiger partial charge on any atom is 0.410 e. The molecule has 0 bridgehead atoms. The molecule has 1 aromatic heterocycles. The molecular weight excluding hydrogens is 210 g/mol. The highest BCUT2D eigenvalue weighted by Crippen LogP contribution is 2.04. The van der Waals surface area contributed by atoms with Crippen LogP contribution in [0, 0.1) is 0 Å². The molecule has 2 rings (SSSR count). The molecule has 0 radical (unpaired) electrons. The van der Waals surface area contributed by atoms with Gasteiger partial charge in [-0.1, -0.05) is 35.5 Å². The smallest absolute Gasteiger partial charge is 0.349 e. The van der Waals surface area contributed by atoms with Crippen LogP contribution in [-0.4, -0.2) is 11.1 Å². The molecule has 2 aromatic rings. The summed E-state index contributed by atoms with van der Waals surface area (Å²) in [7, 11) is 0. The van der Waals surface area contributed by atoms with Crippen molar-refractivity contribution in [1.29, 1.82) is 0 Å². The van der Waals surface area contributed by atoms with Crippen molar-refractivity contribution in [1.82, 2.24) is 5.16 Å². The van der Waals surface area contributed by atoms with E-state index in [9.17, 15) is 4.79 Å². The van der Waals surface area contributed by atoms with Crippen molar-refractivity contribution in [3.05, 3.63) is 53.9 Å². The second kappa shape index (κ2) is 5.09. The molecule has 0 saturated carbocycles. The van der Waals surface area contributed by atoms with Crippen LogP contribution in [0.4, 0.5) is 0 Å². The number of carbonyl (C=O) groups is 1. The summed E-state index contributed by atoms with van der Waals surface area (Å²) in [5.74, 6) is -0.693. The number of rotatable bonds is 4. The first-order valence-electron chi connectivity index (χ1n) is 4.64. The first-order valence-corrected chi connectivity index (χ1v) is 4.64. The zero-order valence-electron chi connectivity index (χ0n) is 8.33. The standard InChI is InChI=1S/C11H9NO4/c13-11(10-6-7-12-15-10)16-14-8-9-4-2-1-3-5-9/h1-7H,8H2. The Morgan fingerprint density at radius 1 is 1.25 bits per heavy atom. The van der Waals surface area contributed by atoms with Crippen molar-refractivity contribution >= 4 is 5.97 Å².